The second-order valence-corrected chi connectivity index (χ2v) is 4.22. The third-order valence-electron chi connectivity index (χ3n) is 2.63. The number of esters is 1. The van der Waals surface area contributed by atoms with Crippen LogP contribution >= 0.6 is 0 Å². The monoisotopic (exact) mass is 281 g/mol. The van der Waals surface area contributed by atoms with Gasteiger partial charge in [-0.15, -0.1) is 0 Å². The Kier molecular flexibility index (Phi) is 7.10. The minimum Gasteiger partial charge on any atom is -0.493 e. The molecule has 6 heteroatoms. The molecule has 1 rings (SSSR count). The van der Waals surface area contributed by atoms with Gasteiger partial charge in [0.05, 0.1) is 24.2 Å². The van der Waals surface area contributed by atoms with Crippen LogP contribution in [0.15, 0.2) is 24.3 Å². The molecule has 0 N–H and O–H groups in total. The Balaban J connectivity index is 2.17. The Morgan fingerprint density at radius 2 is 2.10 bits per heavy atom. The smallest absolute Gasteiger partial charge is 0.305 e. The van der Waals surface area contributed by atoms with E-state index >= 15 is 0 Å². The predicted molar refractivity (Wildman–Crippen MR) is 73.7 cm³/mol. The van der Waals surface area contributed by atoms with Gasteiger partial charge in [0, 0.05) is 12.5 Å². The van der Waals surface area contributed by atoms with Gasteiger partial charge in [-0.2, -0.15) is 0 Å². The van der Waals surface area contributed by atoms with E-state index in [0.717, 1.165) is 19.3 Å². The third-order valence-corrected chi connectivity index (χ3v) is 2.63. The van der Waals surface area contributed by atoms with E-state index in [0.29, 0.717) is 25.4 Å². The molecule has 0 radical (unpaired) electrons. The molecule has 0 spiro atoms. The molecule has 0 amide bonds. The molecule has 0 aliphatic heterocycles. The minimum absolute atomic E-state index is 0.0183. The molecule has 20 heavy (non-hydrogen) atoms. The van der Waals surface area contributed by atoms with Gasteiger partial charge in [0.15, 0.2) is 0 Å². The Bertz CT molecular complexity index is 447. The molecule has 0 saturated carbocycles. The highest BCUT2D eigenvalue weighted by atomic mass is 16.6. The van der Waals surface area contributed by atoms with E-state index in [-0.39, 0.29) is 11.7 Å². The summed E-state index contributed by atoms with van der Waals surface area (Å²) in [4.78, 5) is 21.2. The summed E-state index contributed by atoms with van der Waals surface area (Å²) in [5, 5.41) is 10.6. The first-order chi connectivity index (χ1) is 9.63. The first-order valence-corrected chi connectivity index (χ1v) is 6.66. The van der Waals surface area contributed by atoms with Gasteiger partial charge in [-0.1, -0.05) is 6.07 Å². The van der Waals surface area contributed by atoms with E-state index in [2.05, 4.69) is 0 Å². The average molecular weight is 281 g/mol. The molecule has 1 aromatic rings. The van der Waals surface area contributed by atoms with E-state index in [4.69, 9.17) is 9.47 Å². The first kappa shape index (κ1) is 15.9. The van der Waals surface area contributed by atoms with Gasteiger partial charge in [-0.25, -0.2) is 0 Å². The molecule has 0 atom stereocenters. The van der Waals surface area contributed by atoms with Crippen molar-refractivity contribution in [2.75, 3.05) is 13.2 Å². The lowest BCUT2D eigenvalue weighted by molar-refractivity contribution is -0.384. The zero-order valence-corrected chi connectivity index (χ0v) is 11.5. The van der Waals surface area contributed by atoms with Gasteiger partial charge < -0.3 is 9.47 Å². The number of carbonyl (C=O) groups excluding carboxylic acids is 1. The molecule has 6 nitrogen and oxygen atoms in total. The Morgan fingerprint density at radius 1 is 1.30 bits per heavy atom. The molecule has 0 fully saturated rings. The second-order valence-electron chi connectivity index (χ2n) is 4.22. The summed E-state index contributed by atoms with van der Waals surface area (Å²) >= 11 is 0. The fraction of sp³-hybridized carbons (Fsp3) is 0.500. The van der Waals surface area contributed by atoms with E-state index < -0.39 is 4.92 Å². The molecule has 0 aliphatic carbocycles. The minimum atomic E-state index is -0.452. The van der Waals surface area contributed by atoms with Crippen molar-refractivity contribution in [2.24, 2.45) is 0 Å². The number of benzene rings is 1. The van der Waals surface area contributed by atoms with Gasteiger partial charge in [-0.3, -0.25) is 14.9 Å². The zero-order chi connectivity index (χ0) is 14.8. The van der Waals surface area contributed by atoms with Crippen molar-refractivity contribution in [2.45, 2.75) is 32.6 Å². The van der Waals surface area contributed by atoms with Gasteiger partial charge in [0.1, 0.15) is 5.75 Å². The van der Waals surface area contributed by atoms with Crippen LogP contribution in [-0.2, 0) is 9.53 Å². The summed E-state index contributed by atoms with van der Waals surface area (Å²) in [5.74, 6) is 0.316. The number of hydrogen-bond donors (Lipinski definition) is 0. The summed E-state index contributed by atoms with van der Waals surface area (Å²) in [6.45, 7) is 2.67. The molecular weight excluding hydrogens is 262 g/mol. The lowest BCUT2D eigenvalue weighted by Crippen LogP contribution is -2.04. The maximum absolute atomic E-state index is 11.1. The van der Waals surface area contributed by atoms with Crippen LogP contribution in [0.2, 0.25) is 0 Å². The van der Waals surface area contributed by atoms with Gasteiger partial charge >= 0.3 is 5.97 Å². The predicted octanol–water partition coefficient (Wildman–Crippen LogP) is 3.10. The van der Waals surface area contributed by atoms with Gasteiger partial charge in [0.25, 0.3) is 5.69 Å². The van der Waals surface area contributed by atoms with Gasteiger partial charge in [0.2, 0.25) is 0 Å². The van der Waals surface area contributed by atoms with E-state index in [1.807, 2.05) is 0 Å². The third kappa shape index (κ3) is 6.17. The molecule has 110 valence electrons. The summed E-state index contributed by atoms with van der Waals surface area (Å²) in [7, 11) is 0. The van der Waals surface area contributed by atoms with Crippen LogP contribution < -0.4 is 4.74 Å². The van der Waals surface area contributed by atoms with Crippen LogP contribution in [0.5, 0.6) is 5.75 Å². The van der Waals surface area contributed by atoms with Crippen molar-refractivity contribution in [3.63, 3.8) is 0 Å². The quantitative estimate of drug-likeness (QED) is 0.301. The van der Waals surface area contributed by atoms with E-state index in [9.17, 15) is 14.9 Å². The number of unbranched alkanes of at least 4 members (excludes halogenated alkanes) is 2. The number of nitro groups is 1. The van der Waals surface area contributed by atoms with Crippen molar-refractivity contribution >= 4 is 11.7 Å². The zero-order valence-electron chi connectivity index (χ0n) is 11.5. The van der Waals surface area contributed by atoms with Crippen LogP contribution in [0.25, 0.3) is 0 Å². The van der Waals surface area contributed by atoms with E-state index in [1.54, 1.807) is 19.1 Å². The van der Waals surface area contributed by atoms with Crippen LogP contribution in [0.3, 0.4) is 0 Å². The van der Waals surface area contributed by atoms with Crippen molar-refractivity contribution in [3.8, 4) is 5.75 Å². The van der Waals surface area contributed by atoms with Crippen molar-refractivity contribution in [1.29, 1.82) is 0 Å². The first-order valence-electron chi connectivity index (χ1n) is 6.66. The molecule has 0 saturated heterocycles. The fourth-order valence-corrected chi connectivity index (χ4v) is 1.66. The number of nitro benzene ring substituents is 1. The highest BCUT2D eigenvalue weighted by Gasteiger charge is 2.06. The van der Waals surface area contributed by atoms with Crippen LogP contribution in [0.4, 0.5) is 5.69 Å². The Hall–Kier alpha value is -2.11. The topological polar surface area (TPSA) is 78.7 Å². The molecule has 0 aliphatic rings. The fourth-order valence-electron chi connectivity index (χ4n) is 1.66. The number of hydrogen-bond acceptors (Lipinski definition) is 5. The standard InChI is InChI=1S/C14H19NO5/c1-2-19-14(16)9-4-3-5-10-20-13-8-6-7-12(11-13)15(17)18/h6-8,11H,2-5,9-10H2,1H3. The lowest BCUT2D eigenvalue weighted by Gasteiger charge is -2.06. The van der Waals surface area contributed by atoms with Crippen molar-refractivity contribution < 1.29 is 19.2 Å². The summed E-state index contributed by atoms with van der Waals surface area (Å²) in [5.41, 5.74) is 0.0183. The van der Waals surface area contributed by atoms with Crippen LogP contribution in [0, 0.1) is 10.1 Å². The lowest BCUT2D eigenvalue weighted by atomic mass is 10.2. The summed E-state index contributed by atoms with van der Waals surface area (Å²) < 4.78 is 10.3. The molecule has 1 aromatic carbocycles. The molecule has 0 bridgehead atoms. The largest absolute Gasteiger partial charge is 0.493 e. The van der Waals surface area contributed by atoms with E-state index in [1.165, 1.54) is 12.1 Å². The number of rotatable bonds is 9. The summed E-state index contributed by atoms with van der Waals surface area (Å²) in [6, 6.07) is 6.10. The molecule has 0 aromatic heterocycles. The molecule has 0 heterocycles. The highest BCUT2D eigenvalue weighted by molar-refractivity contribution is 5.69. The molecular formula is C14H19NO5. The normalized spacial score (nSPS) is 10.1. The van der Waals surface area contributed by atoms with Crippen LogP contribution in [0.1, 0.15) is 32.6 Å². The maximum atomic E-state index is 11.1. The Labute approximate surface area is 117 Å². The second kappa shape index (κ2) is 8.90. The number of nitrogens with zero attached hydrogens (tertiary/aromatic N) is 1. The number of non-ortho nitro benzene ring substituents is 1. The van der Waals surface area contributed by atoms with Crippen molar-refractivity contribution in [1.82, 2.24) is 0 Å². The van der Waals surface area contributed by atoms with Gasteiger partial charge in [-0.05, 0) is 32.3 Å². The SMILES string of the molecule is CCOC(=O)CCCCCOc1cccc([N+](=O)[O-])c1. The average Bonchev–Trinajstić information content (AvgIpc) is 2.43. The van der Waals surface area contributed by atoms with Crippen LogP contribution in [-0.4, -0.2) is 24.1 Å². The number of ether oxygens (including phenoxy) is 2. The van der Waals surface area contributed by atoms with Crippen molar-refractivity contribution in [3.05, 3.63) is 34.4 Å². The summed E-state index contributed by atoms with van der Waals surface area (Å²) in [6.07, 6.45) is 2.83. The number of carbonyl (C=O) groups is 1. The Morgan fingerprint density at radius 3 is 2.80 bits per heavy atom. The highest BCUT2D eigenvalue weighted by Crippen LogP contribution is 2.19. The maximum Gasteiger partial charge on any atom is 0.305 e. The molecule has 0 unspecified atom stereocenters.